The molecule has 0 N–H and O–H groups in total. The summed E-state index contributed by atoms with van der Waals surface area (Å²) in [6.07, 6.45) is 1.02. The fourth-order valence-corrected chi connectivity index (χ4v) is 2.02. The number of rotatable bonds is 2. The molecule has 0 unspecified atom stereocenters. The summed E-state index contributed by atoms with van der Waals surface area (Å²) in [6.45, 7) is 9.61. The Balaban J connectivity index is 2.52. The van der Waals surface area contributed by atoms with Crippen LogP contribution >= 0.6 is 0 Å². The summed E-state index contributed by atoms with van der Waals surface area (Å²) < 4.78 is 5.57. The smallest absolute Gasteiger partial charge is 0.217 e. The summed E-state index contributed by atoms with van der Waals surface area (Å²) in [4.78, 5) is 4.57. The van der Waals surface area contributed by atoms with Crippen LogP contribution in [0.5, 0.6) is 5.88 Å². The van der Waals surface area contributed by atoms with Crippen molar-refractivity contribution in [3.63, 3.8) is 0 Å². The zero-order valence-electron chi connectivity index (χ0n) is 10.0. The zero-order chi connectivity index (χ0) is 11.0. The van der Waals surface area contributed by atoms with E-state index in [4.69, 9.17) is 4.74 Å². The number of aromatic nitrogens is 1. The van der Waals surface area contributed by atoms with Crippen molar-refractivity contribution in [2.75, 3.05) is 6.61 Å². The van der Waals surface area contributed by atoms with Crippen LogP contribution in [0.25, 0.3) is 0 Å². The Hall–Kier alpha value is -1.05. The van der Waals surface area contributed by atoms with Gasteiger partial charge in [0.25, 0.3) is 0 Å². The Morgan fingerprint density at radius 3 is 2.53 bits per heavy atom. The molecule has 0 saturated heterocycles. The summed E-state index contributed by atoms with van der Waals surface area (Å²) in [5.74, 6) is 1.91. The molecule has 1 aliphatic rings. The minimum atomic E-state index is 0.469. The molecule has 0 saturated carbocycles. The highest BCUT2D eigenvalue weighted by molar-refractivity contribution is 5.41. The summed E-state index contributed by atoms with van der Waals surface area (Å²) >= 11 is 0. The minimum absolute atomic E-state index is 0.469. The minimum Gasteiger partial charge on any atom is -0.477 e. The first-order valence-electron chi connectivity index (χ1n) is 5.76. The van der Waals surface area contributed by atoms with E-state index in [9.17, 15) is 0 Å². The van der Waals surface area contributed by atoms with Gasteiger partial charge in [-0.2, -0.15) is 0 Å². The van der Waals surface area contributed by atoms with Gasteiger partial charge in [-0.3, -0.25) is 0 Å². The summed E-state index contributed by atoms with van der Waals surface area (Å²) in [5, 5.41) is 0. The number of nitrogens with zero attached hydrogens (tertiary/aromatic N) is 1. The topological polar surface area (TPSA) is 22.1 Å². The number of hydrogen-bond donors (Lipinski definition) is 0. The van der Waals surface area contributed by atoms with Gasteiger partial charge in [-0.25, -0.2) is 4.98 Å². The third-order valence-corrected chi connectivity index (χ3v) is 2.95. The lowest BCUT2D eigenvalue weighted by Gasteiger charge is -2.14. The van der Waals surface area contributed by atoms with Crippen LogP contribution in [-0.4, -0.2) is 11.6 Å². The van der Waals surface area contributed by atoms with Crippen LogP contribution in [0.1, 0.15) is 56.4 Å². The number of fused-ring (bicyclic) bond motifs is 1. The van der Waals surface area contributed by atoms with Crippen molar-refractivity contribution in [2.45, 2.75) is 46.0 Å². The van der Waals surface area contributed by atoms with Crippen LogP contribution in [0, 0.1) is 0 Å². The van der Waals surface area contributed by atoms with Crippen LogP contribution in [0.4, 0.5) is 0 Å². The molecule has 1 aromatic heterocycles. The lowest BCUT2D eigenvalue weighted by Crippen LogP contribution is -2.01. The standard InChI is InChI=1S/C13H19NO/c1-8(2)11-7-12(9(3)4)14-13-10(11)5-6-15-13/h7-9H,5-6H2,1-4H3. The van der Waals surface area contributed by atoms with E-state index >= 15 is 0 Å². The first kappa shape index (κ1) is 10.5. The average Bonchev–Trinajstić information content (AvgIpc) is 2.62. The van der Waals surface area contributed by atoms with Gasteiger partial charge < -0.3 is 4.74 Å². The van der Waals surface area contributed by atoms with E-state index < -0.39 is 0 Å². The Labute approximate surface area is 91.7 Å². The highest BCUT2D eigenvalue weighted by atomic mass is 16.5. The molecule has 0 aromatic carbocycles. The van der Waals surface area contributed by atoms with Crippen molar-refractivity contribution in [1.29, 1.82) is 0 Å². The molecule has 1 aromatic rings. The van der Waals surface area contributed by atoms with E-state index in [0.29, 0.717) is 11.8 Å². The van der Waals surface area contributed by atoms with Gasteiger partial charge in [-0.15, -0.1) is 0 Å². The van der Waals surface area contributed by atoms with Crippen LogP contribution in [0.3, 0.4) is 0 Å². The maximum atomic E-state index is 5.57. The van der Waals surface area contributed by atoms with Crippen LogP contribution in [0.2, 0.25) is 0 Å². The molecule has 15 heavy (non-hydrogen) atoms. The van der Waals surface area contributed by atoms with Crippen molar-refractivity contribution in [2.24, 2.45) is 0 Å². The SMILES string of the molecule is CC(C)c1cc(C(C)C)c2c(n1)OCC2. The fourth-order valence-electron chi connectivity index (χ4n) is 2.02. The second kappa shape index (κ2) is 3.84. The summed E-state index contributed by atoms with van der Waals surface area (Å²) in [7, 11) is 0. The van der Waals surface area contributed by atoms with Crippen LogP contribution in [0.15, 0.2) is 6.07 Å². The van der Waals surface area contributed by atoms with Gasteiger partial charge in [0.1, 0.15) is 0 Å². The second-order valence-electron chi connectivity index (χ2n) is 4.83. The number of pyridine rings is 1. The van der Waals surface area contributed by atoms with E-state index in [1.807, 2.05) is 0 Å². The lowest BCUT2D eigenvalue weighted by molar-refractivity contribution is 0.343. The average molecular weight is 205 g/mol. The Kier molecular flexibility index (Phi) is 2.68. The molecular formula is C13H19NO. The molecule has 0 amide bonds. The Morgan fingerprint density at radius 2 is 1.93 bits per heavy atom. The van der Waals surface area contributed by atoms with Gasteiger partial charge in [0, 0.05) is 17.7 Å². The van der Waals surface area contributed by atoms with E-state index in [1.165, 1.54) is 11.1 Å². The van der Waals surface area contributed by atoms with Gasteiger partial charge in [-0.05, 0) is 23.5 Å². The van der Waals surface area contributed by atoms with Gasteiger partial charge in [-0.1, -0.05) is 27.7 Å². The van der Waals surface area contributed by atoms with E-state index in [-0.39, 0.29) is 0 Å². The highest BCUT2D eigenvalue weighted by Gasteiger charge is 2.21. The third-order valence-electron chi connectivity index (χ3n) is 2.95. The zero-order valence-corrected chi connectivity index (χ0v) is 10.0. The molecule has 1 aliphatic heterocycles. The maximum absolute atomic E-state index is 5.57. The fraction of sp³-hybridized carbons (Fsp3) is 0.615. The normalized spacial score (nSPS) is 14.5. The van der Waals surface area contributed by atoms with Crippen molar-refractivity contribution in [3.05, 3.63) is 22.9 Å². The summed E-state index contributed by atoms with van der Waals surface area (Å²) in [5.41, 5.74) is 3.90. The first-order chi connectivity index (χ1) is 7.09. The van der Waals surface area contributed by atoms with Crippen molar-refractivity contribution < 1.29 is 4.74 Å². The monoisotopic (exact) mass is 205 g/mol. The van der Waals surface area contributed by atoms with Gasteiger partial charge in [0.2, 0.25) is 5.88 Å². The van der Waals surface area contributed by atoms with Crippen molar-refractivity contribution in [3.8, 4) is 5.88 Å². The Morgan fingerprint density at radius 1 is 1.20 bits per heavy atom. The molecule has 0 atom stereocenters. The number of ether oxygens (including phenoxy) is 1. The number of hydrogen-bond acceptors (Lipinski definition) is 2. The van der Waals surface area contributed by atoms with Crippen molar-refractivity contribution >= 4 is 0 Å². The van der Waals surface area contributed by atoms with E-state index in [0.717, 1.165) is 24.6 Å². The highest BCUT2D eigenvalue weighted by Crippen LogP contribution is 2.33. The van der Waals surface area contributed by atoms with Gasteiger partial charge >= 0.3 is 0 Å². The van der Waals surface area contributed by atoms with Crippen LogP contribution < -0.4 is 4.74 Å². The second-order valence-corrected chi connectivity index (χ2v) is 4.83. The Bertz CT molecular complexity index is 369. The van der Waals surface area contributed by atoms with Crippen LogP contribution in [-0.2, 0) is 6.42 Å². The molecular weight excluding hydrogens is 186 g/mol. The predicted octanol–water partition coefficient (Wildman–Crippen LogP) is 3.26. The third kappa shape index (κ3) is 1.85. The summed E-state index contributed by atoms with van der Waals surface area (Å²) in [6, 6.07) is 2.25. The molecule has 0 spiro atoms. The van der Waals surface area contributed by atoms with Crippen molar-refractivity contribution in [1.82, 2.24) is 4.98 Å². The lowest BCUT2D eigenvalue weighted by atomic mass is 9.95. The quantitative estimate of drug-likeness (QED) is 0.739. The van der Waals surface area contributed by atoms with Gasteiger partial charge in [0.15, 0.2) is 0 Å². The van der Waals surface area contributed by atoms with Gasteiger partial charge in [0.05, 0.1) is 6.61 Å². The van der Waals surface area contributed by atoms with E-state index in [1.54, 1.807) is 0 Å². The maximum Gasteiger partial charge on any atom is 0.217 e. The molecule has 0 aliphatic carbocycles. The molecule has 0 fully saturated rings. The predicted molar refractivity (Wildman–Crippen MR) is 61.6 cm³/mol. The molecule has 2 nitrogen and oxygen atoms in total. The molecule has 0 radical (unpaired) electrons. The molecule has 82 valence electrons. The molecule has 2 heteroatoms. The first-order valence-corrected chi connectivity index (χ1v) is 5.76. The largest absolute Gasteiger partial charge is 0.477 e. The molecule has 0 bridgehead atoms. The molecule has 2 rings (SSSR count). The molecule has 2 heterocycles. The van der Waals surface area contributed by atoms with E-state index in [2.05, 4.69) is 38.7 Å².